The summed E-state index contributed by atoms with van der Waals surface area (Å²) in [7, 11) is 0. The summed E-state index contributed by atoms with van der Waals surface area (Å²) in [5.41, 5.74) is 0.0183. The Morgan fingerprint density at radius 3 is 3.00 bits per heavy atom. The van der Waals surface area contributed by atoms with Gasteiger partial charge in [-0.25, -0.2) is 8.78 Å². The number of likely N-dealkylation sites (tertiary alicyclic amines) is 1. The van der Waals surface area contributed by atoms with Crippen molar-refractivity contribution in [3.8, 4) is 0 Å². The van der Waals surface area contributed by atoms with Crippen molar-refractivity contribution in [2.24, 2.45) is 0 Å². The van der Waals surface area contributed by atoms with Crippen molar-refractivity contribution in [3.63, 3.8) is 0 Å². The number of aromatic nitrogens is 2. The summed E-state index contributed by atoms with van der Waals surface area (Å²) >= 11 is 0. The van der Waals surface area contributed by atoms with Crippen LogP contribution in [0.3, 0.4) is 0 Å². The number of hydrogen-bond donors (Lipinski definition) is 1. The Balaban J connectivity index is 1.67. The molecule has 1 N–H and O–H groups in total. The van der Waals surface area contributed by atoms with Crippen molar-refractivity contribution in [2.75, 3.05) is 13.1 Å². The first kappa shape index (κ1) is 15.1. The molecule has 0 saturated carbocycles. The number of halogens is 2. The summed E-state index contributed by atoms with van der Waals surface area (Å²) < 4.78 is 28.8. The van der Waals surface area contributed by atoms with Gasteiger partial charge in [0.25, 0.3) is 0 Å². The maximum atomic E-state index is 13.7. The van der Waals surface area contributed by atoms with Crippen LogP contribution in [0, 0.1) is 11.6 Å². The standard InChI is InChI=1S/C16H19F2N3O/c17-12-4-5-15(18)14(9-12)16(22)11-20-7-1-3-13(20)10-21-8-2-6-19-21/h2,4-6,8-9,13,16,22H,1,3,7,10-11H2/t13-,16+/m1/s1. The summed E-state index contributed by atoms with van der Waals surface area (Å²) in [5.74, 6) is -1.11. The third-order valence-electron chi connectivity index (χ3n) is 4.18. The zero-order valence-corrected chi connectivity index (χ0v) is 12.2. The second-order valence-electron chi connectivity index (χ2n) is 5.70. The number of aliphatic hydroxyl groups is 1. The van der Waals surface area contributed by atoms with E-state index in [1.165, 1.54) is 0 Å². The van der Waals surface area contributed by atoms with Crippen LogP contribution in [0.1, 0.15) is 24.5 Å². The maximum Gasteiger partial charge on any atom is 0.129 e. The first-order valence-electron chi connectivity index (χ1n) is 7.48. The average molecular weight is 307 g/mol. The van der Waals surface area contributed by atoms with Gasteiger partial charge >= 0.3 is 0 Å². The van der Waals surface area contributed by atoms with E-state index in [0.29, 0.717) is 6.54 Å². The molecular formula is C16H19F2N3O. The molecule has 0 radical (unpaired) electrons. The highest BCUT2D eigenvalue weighted by Gasteiger charge is 2.28. The summed E-state index contributed by atoms with van der Waals surface area (Å²) in [6, 6.07) is 5.31. The molecule has 118 valence electrons. The van der Waals surface area contributed by atoms with Gasteiger partial charge in [-0.1, -0.05) is 0 Å². The number of benzene rings is 1. The molecule has 1 aromatic heterocycles. The minimum Gasteiger partial charge on any atom is -0.387 e. The zero-order valence-electron chi connectivity index (χ0n) is 12.2. The first-order valence-corrected chi connectivity index (χ1v) is 7.48. The van der Waals surface area contributed by atoms with E-state index < -0.39 is 17.7 Å². The molecule has 2 heterocycles. The Labute approximate surface area is 128 Å². The van der Waals surface area contributed by atoms with Crippen LogP contribution in [0.4, 0.5) is 8.78 Å². The summed E-state index contributed by atoms with van der Waals surface area (Å²) in [6.45, 7) is 1.89. The number of β-amino-alcohol motifs (C(OH)–C–C–N with tert-alkyl or cyclic N) is 1. The summed E-state index contributed by atoms with van der Waals surface area (Å²) in [4.78, 5) is 2.12. The second-order valence-corrected chi connectivity index (χ2v) is 5.70. The molecule has 1 aromatic carbocycles. The zero-order chi connectivity index (χ0) is 15.5. The highest BCUT2D eigenvalue weighted by molar-refractivity contribution is 5.21. The molecule has 1 fully saturated rings. The fourth-order valence-corrected chi connectivity index (χ4v) is 3.06. The van der Waals surface area contributed by atoms with Gasteiger partial charge in [0.05, 0.1) is 12.6 Å². The molecule has 0 unspecified atom stereocenters. The Morgan fingerprint density at radius 2 is 2.23 bits per heavy atom. The average Bonchev–Trinajstić information content (AvgIpc) is 3.15. The second kappa shape index (κ2) is 6.54. The van der Waals surface area contributed by atoms with Crippen molar-refractivity contribution < 1.29 is 13.9 Å². The Hall–Kier alpha value is -1.79. The molecule has 2 aromatic rings. The van der Waals surface area contributed by atoms with Gasteiger partial charge < -0.3 is 5.11 Å². The lowest BCUT2D eigenvalue weighted by atomic mass is 10.1. The summed E-state index contributed by atoms with van der Waals surface area (Å²) in [6.07, 6.45) is 4.65. The largest absolute Gasteiger partial charge is 0.387 e. The van der Waals surface area contributed by atoms with Gasteiger partial charge in [-0.05, 0) is 43.7 Å². The van der Waals surface area contributed by atoms with Crippen molar-refractivity contribution in [1.29, 1.82) is 0 Å². The molecule has 0 spiro atoms. The van der Waals surface area contributed by atoms with Crippen LogP contribution in [0.2, 0.25) is 0 Å². The van der Waals surface area contributed by atoms with Crippen molar-refractivity contribution in [1.82, 2.24) is 14.7 Å². The monoisotopic (exact) mass is 307 g/mol. The van der Waals surface area contributed by atoms with Crippen molar-refractivity contribution >= 4 is 0 Å². The van der Waals surface area contributed by atoms with Crippen LogP contribution in [0.25, 0.3) is 0 Å². The van der Waals surface area contributed by atoms with Gasteiger partial charge in [-0.2, -0.15) is 5.10 Å². The lowest BCUT2D eigenvalue weighted by molar-refractivity contribution is 0.0975. The molecule has 2 atom stereocenters. The third-order valence-corrected chi connectivity index (χ3v) is 4.18. The van der Waals surface area contributed by atoms with Gasteiger partial charge in [-0.3, -0.25) is 9.58 Å². The highest BCUT2D eigenvalue weighted by Crippen LogP contribution is 2.24. The van der Waals surface area contributed by atoms with Gasteiger partial charge in [0.15, 0.2) is 0 Å². The normalized spacial score (nSPS) is 20.4. The third kappa shape index (κ3) is 3.34. The Morgan fingerprint density at radius 1 is 1.36 bits per heavy atom. The number of nitrogens with zero attached hydrogens (tertiary/aromatic N) is 3. The molecular weight excluding hydrogens is 288 g/mol. The lowest BCUT2D eigenvalue weighted by Gasteiger charge is -2.27. The van der Waals surface area contributed by atoms with E-state index in [2.05, 4.69) is 10.00 Å². The van der Waals surface area contributed by atoms with Crippen LogP contribution in [-0.2, 0) is 6.54 Å². The van der Waals surface area contributed by atoms with Gasteiger partial charge in [-0.15, -0.1) is 0 Å². The van der Waals surface area contributed by atoms with Gasteiger partial charge in [0, 0.05) is 30.5 Å². The van der Waals surface area contributed by atoms with E-state index in [4.69, 9.17) is 0 Å². The fourth-order valence-electron chi connectivity index (χ4n) is 3.06. The van der Waals surface area contributed by atoms with Crippen LogP contribution >= 0.6 is 0 Å². The van der Waals surface area contributed by atoms with Crippen LogP contribution < -0.4 is 0 Å². The van der Waals surface area contributed by atoms with Crippen molar-refractivity contribution in [3.05, 3.63) is 53.9 Å². The van der Waals surface area contributed by atoms with E-state index in [1.54, 1.807) is 6.20 Å². The molecule has 1 aliphatic rings. The molecule has 4 nitrogen and oxygen atoms in total. The van der Waals surface area contributed by atoms with Crippen LogP contribution in [-0.4, -0.2) is 38.9 Å². The minimum absolute atomic E-state index is 0.0183. The molecule has 0 bridgehead atoms. The maximum absolute atomic E-state index is 13.7. The molecule has 0 amide bonds. The van der Waals surface area contributed by atoms with E-state index in [9.17, 15) is 13.9 Å². The van der Waals surface area contributed by atoms with E-state index in [1.807, 2.05) is 16.9 Å². The molecule has 22 heavy (non-hydrogen) atoms. The van der Waals surface area contributed by atoms with E-state index >= 15 is 0 Å². The number of hydrogen-bond acceptors (Lipinski definition) is 3. The Kier molecular flexibility index (Phi) is 4.49. The molecule has 6 heteroatoms. The van der Waals surface area contributed by atoms with E-state index in [-0.39, 0.29) is 11.6 Å². The van der Waals surface area contributed by atoms with Gasteiger partial charge in [0.1, 0.15) is 11.6 Å². The van der Waals surface area contributed by atoms with Crippen LogP contribution in [0.15, 0.2) is 36.7 Å². The molecule has 3 rings (SSSR count). The SMILES string of the molecule is O[C@@H](CN1CCC[C@@H]1Cn1cccn1)c1cc(F)ccc1F. The molecule has 1 saturated heterocycles. The molecule has 1 aliphatic heterocycles. The van der Waals surface area contributed by atoms with Crippen molar-refractivity contribution in [2.45, 2.75) is 31.5 Å². The van der Waals surface area contributed by atoms with Crippen LogP contribution in [0.5, 0.6) is 0 Å². The van der Waals surface area contributed by atoms with E-state index in [0.717, 1.165) is 44.1 Å². The minimum atomic E-state index is -1.03. The van der Waals surface area contributed by atoms with Gasteiger partial charge in [0.2, 0.25) is 0 Å². The highest BCUT2D eigenvalue weighted by atomic mass is 19.1. The topological polar surface area (TPSA) is 41.3 Å². The molecule has 0 aliphatic carbocycles. The fraction of sp³-hybridized carbons (Fsp3) is 0.438. The Bertz CT molecular complexity index is 618. The predicted octanol–water partition coefficient (Wildman–Crippen LogP) is 2.36. The number of aliphatic hydroxyl groups excluding tert-OH is 1. The number of rotatable bonds is 5. The predicted molar refractivity (Wildman–Crippen MR) is 78.1 cm³/mol. The lowest BCUT2D eigenvalue weighted by Crippen LogP contribution is -2.36. The quantitative estimate of drug-likeness (QED) is 0.922. The smallest absolute Gasteiger partial charge is 0.129 e. The first-order chi connectivity index (χ1) is 10.6. The summed E-state index contributed by atoms with van der Waals surface area (Å²) in [5, 5.41) is 14.5.